The standard InChI is InChI=1S/C52H29N5/c1-2-15-32-28-46-41(27-31(32)14-1)48-49-39(34-17-7-10-22-42(34)55(46)49)29-40-35-18-8-11-23-43(35)57(50(40)48)52-37-20-6-5-19-36(37)51(53-54-52)56-44-24-12-9-21-38(44)47-33-16-4-3-13-30(33)25-26-45(47)56/h1-29H. The Bertz CT molecular complexity index is 4050. The molecule has 57 heavy (non-hydrogen) atoms. The van der Waals surface area contributed by atoms with Crippen LogP contribution in [0.5, 0.6) is 0 Å². The van der Waals surface area contributed by atoms with Crippen LogP contribution in [0.3, 0.4) is 0 Å². The van der Waals surface area contributed by atoms with Crippen molar-refractivity contribution in [3.63, 3.8) is 0 Å². The lowest BCUT2D eigenvalue weighted by molar-refractivity contribution is 0.930. The highest BCUT2D eigenvalue weighted by Crippen LogP contribution is 2.48. The van der Waals surface area contributed by atoms with E-state index in [9.17, 15) is 0 Å². The van der Waals surface area contributed by atoms with E-state index < -0.39 is 0 Å². The van der Waals surface area contributed by atoms with Gasteiger partial charge < -0.3 is 4.40 Å². The zero-order valence-corrected chi connectivity index (χ0v) is 30.5. The highest BCUT2D eigenvalue weighted by Gasteiger charge is 2.27. The van der Waals surface area contributed by atoms with Gasteiger partial charge in [-0.05, 0) is 64.0 Å². The van der Waals surface area contributed by atoms with Gasteiger partial charge in [-0.15, -0.1) is 10.2 Å². The number of benzene rings is 9. The van der Waals surface area contributed by atoms with Crippen molar-refractivity contribution in [1.29, 1.82) is 0 Å². The largest absolute Gasteiger partial charge is 0.308 e. The lowest BCUT2D eigenvalue weighted by atomic mass is 10.0. The molecule has 5 heterocycles. The molecule has 262 valence electrons. The third-order valence-corrected chi connectivity index (χ3v) is 12.6. The molecule has 0 aliphatic heterocycles. The lowest BCUT2D eigenvalue weighted by Gasteiger charge is -2.15. The Labute approximate surface area is 324 Å². The predicted molar refractivity (Wildman–Crippen MR) is 238 cm³/mol. The molecule has 9 aromatic carbocycles. The Hall–Kier alpha value is -7.76. The van der Waals surface area contributed by atoms with Gasteiger partial charge in [0, 0.05) is 53.9 Å². The summed E-state index contributed by atoms with van der Waals surface area (Å²) < 4.78 is 7.19. The Balaban J connectivity index is 1.16. The van der Waals surface area contributed by atoms with Crippen molar-refractivity contribution >= 4 is 114 Å². The molecule has 5 aromatic heterocycles. The predicted octanol–water partition coefficient (Wildman–Crippen LogP) is 13.3. The number of para-hydroxylation sites is 3. The minimum atomic E-state index is 0.819. The van der Waals surface area contributed by atoms with Gasteiger partial charge in [-0.3, -0.25) is 9.13 Å². The molecule has 0 unspecified atom stereocenters. The van der Waals surface area contributed by atoms with Crippen molar-refractivity contribution in [2.45, 2.75) is 0 Å². The Morgan fingerprint density at radius 1 is 0.281 bits per heavy atom. The number of rotatable bonds is 2. The van der Waals surface area contributed by atoms with Gasteiger partial charge in [-0.25, -0.2) is 0 Å². The SMILES string of the molecule is c1ccc2cc3c(cc2c1)c1c2c(cc4c5ccccc5n3c41)c1ccccc1n2-c1nnc(-n2c3ccccc3c3c4ccccc4ccc32)c2ccccc12. The Morgan fingerprint density at radius 2 is 0.807 bits per heavy atom. The first-order chi connectivity index (χ1) is 28.3. The number of fused-ring (bicyclic) bond motifs is 17. The van der Waals surface area contributed by atoms with Crippen LogP contribution in [0.1, 0.15) is 0 Å². The van der Waals surface area contributed by atoms with E-state index in [1.807, 2.05) is 0 Å². The summed E-state index contributed by atoms with van der Waals surface area (Å²) in [5.41, 5.74) is 8.16. The van der Waals surface area contributed by atoms with Crippen LogP contribution < -0.4 is 0 Å². The normalized spacial score (nSPS) is 12.6. The molecule has 0 bridgehead atoms. The van der Waals surface area contributed by atoms with Crippen LogP contribution in [-0.2, 0) is 0 Å². The molecule has 0 saturated heterocycles. The van der Waals surface area contributed by atoms with Crippen LogP contribution in [0.15, 0.2) is 176 Å². The molecule has 0 aliphatic rings. The average Bonchev–Trinajstić information content (AvgIpc) is 3.99. The van der Waals surface area contributed by atoms with Crippen molar-refractivity contribution in [3.8, 4) is 11.6 Å². The summed E-state index contributed by atoms with van der Waals surface area (Å²) in [5, 5.41) is 27.4. The number of hydrogen-bond acceptors (Lipinski definition) is 2. The number of nitrogens with zero attached hydrogens (tertiary/aromatic N) is 5. The van der Waals surface area contributed by atoms with Gasteiger partial charge in [0.1, 0.15) is 0 Å². The van der Waals surface area contributed by atoms with Crippen molar-refractivity contribution in [1.82, 2.24) is 23.7 Å². The second kappa shape index (κ2) is 10.5. The maximum atomic E-state index is 5.29. The fourth-order valence-electron chi connectivity index (χ4n) is 10.3. The van der Waals surface area contributed by atoms with Crippen molar-refractivity contribution in [2.75, 3.05) is 0 Å². The molecule has 0 saturated carbocycles. The quantitative estimate of drug-likeness (QED) is 0.178. The fourth-order valence-corrected chi connectivity index (χ4v) is 10.3. The number of hydrogen-bond donors (Lipinski definition) is 0. The third-order valence-electron chi connectivity index (χ3n) is 12.6. The van der Waals surface area contributed by atoms with Gasteiger partial charge in [-0.2, -0.15) is 0 Å². The van der Waals surface area contributed by atoms with E-state index in [4.69, 9.17) is 10.2 Å². The zero-order valence-electron chi connectivity index (χ0n) is 30.5. The van der Waals surface area contributed by atoms with E-state index in [-0.39, 0.29) is 0 Å². The molecular weight excluding hydrogens is 695 g/mol. The van der Waals surface area contributed by atoms with Crippen LogP contribution in [0, 0.1) is 0 Å². The molecule has 0 atom stereocenters. The molecule has 0 spiro atoms. The molecule has 0 N–H and O–H groups in total. The summed E-state index contributed by atoms with van der Waals surface area (Å²) in [7, 11) is 0. The highest BCUT2D eigenvalue weighted by molar-refractivity contribution is 6.35. The van der Waals surface area contributed by atoms with Gasteiger partial charge >= 0.3 is 0 Å². The smallest absolute Gasteiger partial charge is 0.168 e. The first-order valence-electron chi connectivity index (χ1n) is 19.5. The van der Waals surface area contributed by atoms with Crippen molar-refractivity contribution in [2.24, 2.45) is 0 Å². The van der Waals surface area contributed by atoms with Gasteiger partial charge in [-0.1, -0.05) is 133 Å². The van der Waals surface area contributed by atoms with Crippen molar-refractivity contribution < 1.29 is 0 Å². The average molecular weight is 724 g/mol. The molecule has 5 nitrogen and oxygen atoms in total. The Morgan fingerprint density at radius 3 is 1.54 bits per heavy atom. The van der Waals surface area contributed by atoms with Crippen molar-refractivity contribution in [3.05, 3.63) is 176 Å². The Kier molecular flexibility index (Phi) is 5.45. The molecule has 0 radical (unpaired) electrons. The van der Waals surface area contributed by atoms with Crippen LogP contribution in [0.4, 0.5) is 0 Å². The zero-order chi connectivity index (χ0) is 36.9. The molecule has 14 aromatic rings. The maximum Gasteiger partial charge on any atom is 0.168 e. The van der Waals surface area contributed by atoms with E-state index in [1.54, 1.807) is 0 Å². The summed E-state index contributed by atoms with van der Waals surface area (Å²) in [6.07, 6.45) is 0. The minimum Gasteiger partial charge on any atom is -0.308 e. The molecule has 0 fully saturated rings. The second-order valence-corrected chi connectivity index (χ2v) is 15.4. The summed E-state index contributed by atoms with van der Waals surface area (Å²) >= 11 is 0. The second-order valence-electron chi connectivity index (χ2n) is 15.4. The van der Waals surface area contributed by atoms with E-state index in [0.29, 0.717) is 0 Å². The minimum absolute atomic E-state index is 0.819. The van der Waals surface area contributed by atoms with E-state index >= 15 is 0 Å². The van der Waals surface area contributed by atoms with Gasteiger partial charge in [0.15, 0.2) is 11.6 Å². The van der Waals surface area contributed by atoms with Crippen LogP contribution in [0.2, 0.25) is 0 Å². The first-order valence-corrected chi connectivity index (χ1v) is 19.5. The highest BCUT2D eigenvalue weighted by atomic mass is 15.3. The van der Waals surface area contributed by atoms with Crippen LogP contribution in [-0.4, -0.2) is 23.7 Å². The van der Waals surface area contributed by atoms with Gasteiger partial charge in [0.25, 0.3) is 0 Å². The maximum absolute atomic E-state index is 5.29. The van der Waals surface area contributed by atoms with Crippen LogP contribution in [0.25, 0.3) is 126 Å². The monoisotopic (exact) mass is 723 g/mol. The fraction of sp³-hybridized carbons (Fsp3) is 0. The van der Waals surface area contributed by atoms with Crippen LogP contribution >= 0.6 is 0 Å². The summed E-state index contributed by atoms with van der Waals surface area (Å²) in [4.78, 5) is 0. The lowest BCUT2D eigenvalue weighted by Crippen LogP contribution is -2.06. The first kappa shape index (κ1) is 29.6. The summed E-state index contributed by atoms with van der Waals surface area (Å²) in [5.74, 6) is 1.64. The molecular formula is C52H29N5. The summed E-state index contributed by atoms with van der Waals surface area (Å²) in [6, 6.07) is 64.0. The van der Waals surface area contributed by atoms with Gasteiger partial charge in [0.2, 0.25) is 0 Å². The van der Waals surface area contributed by atoms with E-state index in [0.717, 1.165) is 44.5 Å². The topological polar surface area (TPSA) is 40.1 Å². The van der Waals surface area contributed by atoms with Gasteiger partial charge in [0.05, 0.1) is 38.6 Å². The molecule has 0 amide bonds. The molecule has 14 rings (SSSR count). The molecule has 0 aliphatic carbocycles. The third kappa shape index (κ3) is 3.64. The summed E-state index contributed by atoms with van der Waals surface area (Å²) in [6.45, 7) is 0. The number of aromatic nitrogens is 5. The molecule has 5 heteroatoms. The van der Waals surface area contributed by atoms with E-state index in [1.165, 1.54) is 81.2 Å². The van der Waals surface area contributed by atoms with E-state index in [2.05, 4.69) is 189 Å².